The molecular weight excluding hydrogens is 282 g/mol. The van der Waals surface area contributed by atoms with Crippen LogP contribution in [0.25, 0.3) is 0 Å². The SMILES string of the molecule is COc1ccc(CC2SC(=O)N(CC(=O)O)C2=O)cc1. The number of carboxylic acid groups (broad SMARTS) is 1. The number of hydrogen-bond acceptors (Lipinski definition) is 5. The van der Waals surface area contributed by atoms with Crippen molar-refractivity contribution >= 4 is 28.9 Å². The van der Waals surface area contributed by atoms with E-state index in [0.29, 0.717) is 12.2 Å². The third kappa shape index (κ3) is 3.11. The summed E-state index contributed by atoms with van der Waals surface area (Å²) < 4.78 is 5.04. The molecule has 1 aliphatic rings. The standard InChI is InChI=1S/C13H13NO5S/c1-19-9-4-2-8(3-5-9)6-10-12(17)14(7-11(15)16)13(18)20-10/h2-5,10H,6-7H2,1H3,(H,15,16). The molecular formula is C13H13NO5S. The summed E-state index contributed by atoms with van der Waals surface area (Å²) in [6.07, 6.45) is 0.384. The third-order valence-electron chi connectivity index (χ3n) is 2.88. The summed E-state index contributed by atoms with van der Waals surface area (Å²) in [5.74, 6) is -0.932. The van der Waals surface area contributed by atoms with Gasteiger partial charge in [-0.2, -0.15) is 0 Å². The highest BCUT2D eigenvalue weighted by Gasteiger charge is 2.40. The number of carbonyl (C=O) groups is 3. The van der Waals surface area contributed by atoms with E-state index in [1.54, 1.807) is 19.2 Å². The van der Waals surface area contributed by atoms with E-state index in [9.17, 15) is 14.4 Å². The predicted octanol–water partition coefficient (Wildman–Crippen LogP) is 1.39. The first-order chi connectivity index (χ1) is 9.51. The summed E-state index contributed by atoms with van der Waals surface area (Å²) in [6.45, 7) is -0.580. The van der Waals surface area contributed by atoms with Crippen molar-refractivity contribution in [2.75, 3.05) is 13.7 Å². The van der Waals surface area contributed by atoms with Gasteiger partial charge in [0.05, 0.1) is 12.4 Å². The van der Waals surface area contributed by atoms with Gasteiger partial charge in [0, 0.05) is 0 Å². The second-order valence-electron chi connectivity index (χ2n) is 4.24. The molecule has 1 atom stereocenters. The summed E-state index contributed by atoms with van der Waals surface area (Å²) in [5, 5.41) is 7.61. The molecule has 0 aromatic heterocycles. The first-order valence-electron chi connectivity index (χ1n) is 5.88. The van der Waals surface area contributed by atoms with Crippen LogP contribution in [-0.4, -0.2) is 46.0 Å². The molecule has 1 aromatic carbocycles. The number of amides is 2. The van der Waals surface area contributed by atoms with Crippen LogP contribution in [-0.2, 0) is 16.0 Å². The molecule has 0 aliphatic carbocycles. The van der Waals surface area contributed by atoms with E-state index in [0.717, 1.165) is 22.2 Å². The van der Waals surface area contributed by atoms with E-state index in [1.807, 2.05) is 12.1 Å². The molecule has 0 bridgehead atoms. The molecule has 1 unspecified atom stereocenters. The number of carboxylic acids is 1. The predicted molar refractivity (Wildman–Crippen MR) is 72.8 cm³/mol. The summed E-state index contributed by atoms with van der Waals surface area (Å²) in [5.41, 5.74) is 0.890. The van der Waals surface area contributed by atoms with Crippen LogP contribution in [0.15, 0.2) is 24.3 Å². The number of hydrogen-bond donors (Lipinski definition) is 1. The lowest BCUT2D eigenvalue weighted by Crippen LogP contribution is -2.36. The molecule has 7 heteroatoms. The Balaban J connectivity index is 2.04. The highest BCUT2D eigenvalue weighted by Crippen LogP contribution is 2.29. The molecule has 0 saturated carbocycles. The van der Waals surface area contributed by atoms with Crippen LogP contribution < -0.4 is 4.74 Å². The Morgan fingerprint density at radius 2 is 2.00 bits per heavy atom. The van der Waals surface area contributed by atoms with Crippen molar-refractivity contribution in [1.82, 2.24) is 4.90 Å². The maximum Gasteiger partial charge on any atom is 0.323 e. The van der Waals surface area contributed by atoms with Crippen molar-refractivity contribution in [2.45, 2.75) is 11.7 Å². The van der Waals surface area contributed by atoms with Gasteiger partial charge in [-0.15, -0.1) is 0 Å². The fourth-order valence-corrected chi connectivity index (χ4v) is 2.91. The van der Waals surface area contributed by atoms with Crippen LogP contribution in [0.1, 0.15) is 5.56 Å². The number of rotatable bonds is 5. The van der Waals surface area contributed by atoms with Gasteiger partial charge in [0.2, 0.25) is 5.91 Å². The van der Waals surface area contributed by atoms with Crippen LogP contribution in [0.3, 0.4) is 0 Å². The monoisotopic (exact) mass is 295 g/mol. The van der Waals surface area contributed by atoms with Crippen LogP contribution in [0.2, 0.25) is 0 Å². The van der Waals surface area contributed by atoms with Crippen molar-refractivity contribution in [3.8, 4) is 5.75 Å². The number of thioether (sulfide) groups is 1. The molecule has 106 valence electrons. The van der Waals surface area contributed by atoms with E-state index in [1.165, 1.54) is 0 Å². The number of nitrogens with zero attached hydrogens (tertiary/aromatic N) is 1. The molecule has 1 N–H and O–H groups in total. The molecule has 1 aromatic rings. The van der Waals surface area contributed by atoms with Gasteiger partial charge in [0.1, 0.15) is 12.3 Å². The number of aliphatic carboxylic acids is 1. The first-order valence-corrected chi connectivity index (χ1v) is 6.76. The van der Waals surface area contributed by atoms with Crippen molar-refractivity contribution in [3.05, 3.63) is 29.8 Å². The number of imide groups is 1. The van der Waals surface area contributed by atoms with Crippen molar-refractivity contribution in [1.29, 1.82) is 0 Å². The normalized spacial score (nSPS) is 18.4. The molecule has 0 radical (unpaired) electrons. The molecule has 1 fully saturated rings. The number of benzene rings is 1. The van der Waals surface area contributed by atoms with Gasteiger partial charge in [-0.05, 0) is 24.1 Å². The maximum absolute atomic E-state index is 12.0. The Morgan fingerprint density at radius 1 is 1.35 bits per heavy atom. The smallest absolute Gasteiger partial charge is 0.323 e. The quantitative estimate of drug-likeness (QED) is 0.883. The van der Waals surface area contributed by atoms with Crippen molar-refractivity contribution < 1.29 is 24.2 Å². The lowest BCUT2D eigenvalue weighted by atomic mass is 10.1. The third-order valence-corrected chi connectivity index (χ3v) is 3.95. The zero-order chi connectivity index (χ0) is 14.7. The molecule has 20 heavy (non-hydrogen) atoms. The minimum Gasteiger partial charge on any atom is -0.497 e. The number of carbonyl (C=O) groups excluding carboxylic acids is 2. The van der Waals surface area contributed by atoms with Gasteiger partial charge in [0.15, 0.2) is 0 Å². The average molecular weight is 295 g/mol. The zero-order valence-electron chi connectivity index (χ0n) is 10.7. The molecule has 1 aliphatic heterocycles. The highest BCUT2D eigenvalue weighted by molar-refractivity contribution is 8.15. The Hall–Kier alpha value is -2.02. The lowest BCUT2D eigenvalue weighted by Gasteiger charge is -2.11. The fourth-order valence-electron chi connectivity index (χ4n) is 1.88. The molecule has 1 heterocycles. The fraction of sp³-hybridized carbons (Fsp3) is 0.308. The molecule has 2 amide bonds. The van der Waals surface area contributed by atoms with Gasteiger partial charge in [-0.3, -0.25) is 19.3 Å². The molecule has 2 rings (SSSR count). The van der Waals surface area contributed by atoms with E-state index < -0.39 is 28.9 Å². The number of methoxy groups -OCH3 is 1. The Kier molecular flexibility index (Phi) is 4.29. The second-order valence-corrected chi connectivity index (χ2v) is 5.40. The molecule has 0 spiro atoms. The Bertz CT molecular complexity index is 542. The topological polar surface area (TPSA) is 83.9 Å². The van der Waals surface area contributed by atoms with Crippen molar-refractivity contribution in [3.63, 3.8) is 0 Å². The van der Waals surface area contributed by atoms with E-state index in [4.69, 9.17) is 9.84 Å². The second kappa shape index (κ2) is 5.96. The summed E-state index contributed by atoms with van der Waals surface area (Å²) in [4.78, 5) is 35.0. The minimum atomic E-state index is -1.20. The zero-order valence-corrected chi connectivity index (χ0v) is 11.6. The largest absolute Gasteiger partial charge is 0.497 e. The molecule has 1 saturated heterocycles. The maximum atomic E-state index is 12.0. The van der Waals surface area contributed by atoms with Gasteiger partial charge >= 0.3 is 5.97 Å². The van der Waals surface area contributed by atoms with E-state index in [2.05, 4.69) is 0 Å². The van der Waals surface area contributed by atoms with E-state index >= 15 is 0 Å². The van der Waals surface area contributed by atoms with Crippen LogP contribution in [0.5, 0.6) is 5.75 Å². The Labute approximate surface area is 119 Å². The summed E-state index contributed by atoms with van der Waals surface area (Å²) >= 11 is 0.871. The van der Waals surface area contributed by atoms with Gasteiger partial charge in [-0.1, -0.05) is 23.9 Å². The lowest BCUT2D eigenvalue weighted by molar-refractivity contribution is -0.141. The average Bonchev–Trinajstić information content (AvgIpc) is 2.67. The van der Waals surface area contributed by atoms with Gasteiger partial charge in [-0.25, -0.2) is 0 Å². The van der Waals surface area contributed by atoms with E-state index in [-0.39, 0.29) is 0 Å². The van der Waals surface area contributed by atoms with Crippen LogP contribution in [0.4, 0.5) is 4.79 Å². The molecule has 6 nitrogen and oxygen atoms in total. The van der Waals surface area contributed by atoms with Crippen molar-refractivity contribution in [2.24, 2.45) is 0 Å². The summed E-state index contributed by atoms with van der Waals surface area (Å²) in [6, 6.07) is 7.18. The number of ether oxygens (including phenoxy) is 1. The first kappa shape index (κ1) is 14.4. The van der Waals surface area contributed by atoms with Gasteiger partial charge in [0.25, 0.3) is 5.24 Å². The van der Waals surface area contributed by atoms with Gasteiger partial charge < -0.3 is 9.84 Å². The van der Waals surface area contributed by atoms with Crippen LogP contribution >= 0.6 is 11.8 Å². The Morgan fingerprint density at radius 3 is 2.55 bits per heavy atom. The van der Waals surface area contributed by atoms with Crippen LogP contribution in [0, 0.1) is 0 Å². The minimum absolute atomic E-state index is 0.384. The highest BCUT2D eigenvalue weighted by atomic mass is 32.2. The summed E-state index contributed by atoms with van der Waals surface area (Å²) in [7, 11) is 1.56.